The molecule has 0 atom stereocenters. The van der Waals surface area contributed by atoms with Crippen LogP contribution in [0.5, 0.6) is 0 Å². The molecule has 0 radical (unpaired) electrons. The number of amides is 1. The first kappa shape index (κ1) is 18.2. The number of rotatable bonds is 4. The van der Waals surface area contributed by atoms with Crippen LogP contribution in [0.4, 0.5) is 4.79 Å². The highest BCUT2D eigenvalue weighted by Crippen LogP contribution is 2.43. The number of ether oxygens (including phenoxy) is 2. The minimum Gasteiger partial charge on any atom is -0.444 e. The fraction of sp³-hybridized carbons (Fsp3) is 0.650. The first-order valence-electron chi connectivity index (χ1n) is 9.30. The fourth-order valence-electron chi connectivity index (χ4n) is 3.74. The van der Waals surface area contributed by atoms with Crippen LogP contribution < -0.4 is 5.32 Å². The van der Waals surface area contributed by atoms with E-state index in [2.05, 4.69) is 34.5 Å². The van der Waals surface area contributed by atoms with Gasteiger partial charge in [-0.05, 0) is 57.7 Å². The van der Waals surface area contributed by atoms with Crippen LogP contribution in [0.25, 0.3) is 0 Å². The lowest BCUT2D eigenvalue weighted by Gasteiger charge is -2.39. The SMILES string of the molecule is CC(C)(C)OC(=O)NCCCN1CCC2(CC1)OCc1ccccc12. The predicted octanol–water partition coefficient (Wildman–Crippen LogP) is 3.42. The summed E-state index contributed by atoms with van der Waals surface area (Å²) in [5.41, 5.74) is 2.23. The van der Waals surface area contributed by atoms with E-state index in [9.17, 15) is 4.79 Å². The van der Waals surface area contributed by atoms with Gasteiger partial charge in [0.25, 0.3) is 0 Å². The smallest absolute Gasteiger partial charge is 0.407 e. The maximum atomic E-state index is 11.6. The second kappa shape index (κ2) is 7.34. The minimum absolute atomic E-state index is 0.0676. The van der Waals surface area contributed by atoms with Gasteiger partial charge >= 0.3 is 6.09 Å². The molecule has 25 heavy (non-hydrogen) atoms. The third-order valence-electron chi connectivity index (χ3n) is 5.00. The lowest BCUT2D eigenvalue weighted by atomic mass is 9.84. The molecule has 3 rings (SSSR count). The van der Waals surface area contributed by atoms with E-state index in [4.69, 9.17) is 9.47 Å². The number of likely N-dealkylation sites (tertiary alicyclic amines) is 1. The first-order chi connectivity index (χ1) is 11.9. The molecule has 0 unspecified atom stereocenters. The number of piperidine rings is 1. The van der Waals surface area contributed by atoms with Gasteiger partial charge in [-0.15, -0.1) is 0 Å². The summed E-state index contributed by atoms with van der Waals surface area (Å²) in [5, 5.41) is 2.83. The molecule has 1 aromatic rings. The standard InChI is InChI=1S/C20H30N2O3/c1-19(2,3)25-18(23)21-11-6-12-22-13-9-20(10-14-22)17-8-5-4-7-16(17)15-24-20/h4-5,7-8H,6,9-15H2,1-3H3,(H,21,23). The van der Waals surface area contributed by atoms with Gasteiger partial charge in [0.2, 0.25) is 0 Å². The normalized spacial score (nSPS) is 19.6. The van der Waals surface area contributed by atoms with Gasteiger partial charge in [-0.3, -0.25) is 0 Å². The average Bonchev–Trinajstić information content (AvgIpc) is 2.91. The van der Waals surface area contributed by atoms with Crippen molar-refractivity contribution in [3.05, 3.63) is 35.4 Å². The van der Waals surface area contributed by atoms with Gasteiger partial charge < -0.3 is 19.7 Å². The molecule has 1 N–H and O–H groups in total. The lowest BCUT2D eigenvalue weighted by molar-refractivity contribution is -0.0787. The summed E-state index contributed by atoms with van der Waals surface area (Å²) in [4.78, 5) is 14.1. The highest BCUT2D eigenvalue weighted by Gasteiger charge is 2.42. The molecule has 0 saturated carbocycles. The number of nitrogens with zero attached hydrogens (tertiary/aromatic N) is 1. The Bertz CT molecular complexity index is 601. The van der Waals surface area contributed by atoms with E-state index < -0.39 is 5.60 Å². The Kier molecular flexibility index (Phi) is 5.35. The molecular formula is C20H30N2O3. The first-order valence-corrected chi connectivity index (χ1v) is 9.30. The minimum atomic E-state index is -0.442. The third kappa shape index (κ3) is 4.53. The maximum Gasteiger partial charge on any atom is 0.407 e. The number of hydrogen-bond donors (Lipinski definition) is 1. The second-order valence-electron chi connectivity index (χ2n) is 8.06. The van der Waals surface area contributed by atoms with E-state index in [1.165, 1.54) is 11.1 Å². The summed E-state index contributed by atoms with van der Waals surface area (Å²) in [6.45, 7) is 10.1. The van der Waals surface area contributed by atoms with Gasteiger partial charge in [0.1, 0.15) is 5.60 Å². The Morgan fingerprint density at radius 1 is 1.28 bits per heavy atom. The van der Waals surface area contributed by atoms with Crippen LogP contribution in [0.1, 0.15) is 51.2 Å². The van der Waals surface area contributed by atoms with Crippen molar-refractivity contribution in [2.45, 2.75) is 57.8 Å². The molecule has 2 aliphatic heterocycles. The number of hydrogen-bond acceptors (Lipinski definition) is 4. The van der Waals surface area contributed by atoms with Crippen LogP contribution in [-0.2, 0) is 21.7 Å². The predicted molar refractivity (Wildman–Crippen MR) is 97.4 cm³/mol. The van der Waals surface area contributed by atoms with Crippen molar-refractivity contribution in [2.75, 3.05) is 26.2 Å². The summed E-state index contributed by atoms with van der Waals surface area (Å²) < 4.78 is 11.4. The average molecular weight is 346 g/mol. The van der Waals surface area contributed by atoms with Gasteiger partial charge in [-0.2, -0.15) is 0 Å². The van der Waals surface area contributed by atoms with Crippen LogP contribution in [0.2, 0.25) is 0 Å². The number of benzene rings is 1. The van der Waals surface area contributed by atoms with Crippen LogP contribution in [0, 0.1) is 0 Å². The van der Waals surface area contributed by atoms with Gasteiger partial charge in [-0.1, -0.05) is 24.3 Å². The molecular weight excluding hydrogens is 316 g/mol. The molecule has 2 aliphatic rings. The maximum absolute atomic E-state index is 11.6. The van der Waals surface area contributed by atoms with E-state index in [0.717, 1.165) is 45.5 Å². The zero-order valence-electron chi connectivity index (χ0n) is 15.6. The van der Waals surface area contributed by atoms with Crippen molar-refractivity contribution < 1.29 is 14.3 Å². The van der Waals surface area contributed by atoms with Crippen molar-refractivity contribution in [1.29, 1.82) is 0 Å². The van der Waals surface area contributed by atoms with E-state index >= 15 is 0 Å². The molecule has 138 valence electrons. The number of carbonyl (C=O) groups excluding carboxylic acids is 1. The summed E-state index contributed by atoms with van der Waals surface area (Å²) >= 11 is 0. The Hall–Kier alpha value is -1.59. The van der Waals surface area contributed by atoms with Crippen molar-refractivity contribution in [3.63, 3.8) is 0 Å². The van der Waals surface area contributed by atoms with E-state index in [1.807, 2.05) is 20.8 Å². The van der Waals surface area contributed by atoms with Gasteiger partial charge in [-0.25, -0.2) is 4.79 Å². The molecule has 0 bridgehead atoms. The fourth-order valence-corrected chi connectivity index (χ4v) is 3.74. The highest BCUT2D eigenvalue weighted by atomic mass is 16.6. The lowest BCUT2D eigenvalue weighted by Crippen LogP contribution is -2.43. The van der Waals surface area contributed by atoms with Crippen molar-refractivity contribution >= 4 is 6.09 Å². The molecule has 1 saturated heterocycles. The molecule has 5 heteroatoms. The van der Waals surface area contributed by atoms with Crippen LogP contribution in [-0.4, -0.2) is 42.8 Å². The largest absolute Gasteiger partial charge is 0.444 e. The Morgan fingerprint density at radius 2 is 2.00 bits per heavy atom. The number of nitrogens with one attached hydrogen (secondary N) is 1. The molecule has 1 amide bonds. The number of carbonyl (C=O) groups is 1. The third-order valence-corrected chi connectivity index (χ3v) is 5.00. The van der Waals surface area contributed by atoms with Crippen LogP contribution >= 0.6 is 0 Å². The van der Waals surface area contributed by atoms with E-state index in [-0.39, 0.29) is 11.7 Å². The molecule has 1 spiro atoms. The number of fused-ring (bicyclic) bond motifs is 2. The molecule has 0 aliphatic carbocycles. The van der Waals surface area contributed by atoms with E-state index in [1.54, 1.807) is 0 Å². The summed E-state index contributed by atoms with van der Waals surface area (Å²) in [6, 6.07) is 8.61. The Balaban J connectivity index is 1.39. The summed E-state index contributed by atoms with van der Waals surface area (Å²) in [5.74, 6) is 0. The summed E-state index contributed by atoms with van der Waals surface area (Å²) in [6.07, 6.45) is 2.69. The van der Waals surface area contributed by atoms with Gasteiger partial charge in [0, 0.05) is 19.6 Å². The monoisotopic (exact) mass is 346 g/mol. The molecule has 2 heterocycles. The quantitative estimate of drug-likeness (QED) is 0.849. The molecule has 1 aromatic carbocycles. The van der Waals surface area contributed by atoms with Crippen molar-refractivity contribution in [3.8, 4) is 0 Å². The Morgan fingerprint density at radius 3 is 2.72 bits per heavy atom. The second-order valence-corrected chi connectivity index (χ2v) is 8.06. The van der Waals surface area contributed by atoms with Gasteiger partial charge in [0.15, 0.2) is 0 Å². The zero-order valence-corrected chi connectivity index (χ0v) is 15.6. The number of alkyl carbamates (subject to hydrolysis) is 1. The molecule has 1 fully saturated rings. The molecule has 5 nitrogen and oxygen atoms in total. The highest BCUT2D eigenvalue weighted by molar-refractivity contribution is 5.67. The Labute approximate surface area is 150 Å². The molecule has 0 aromatic heterocycles. The zero-order chi connectivity index (χ0) is 17.9. The topological polar surface area (TPSA) is 50.8 Å². The summed E-state index contributed by atoms with van der Waals surface area (Å²) in [7, 11) is 0. The van der Waals surface area contributed by atoms with Crippen LogP contribution in [0.15, 0.2) is 24.3 Å². The van der Waals surface area contributed by atoms with E-state index in [0.29, 0.717) is 6.54 Å². The van der Waals surface area contributed by atoms with Gasteiger partial charge in [0.05, 0.1) is 12.2 Å². The van der Waals surface area contributed by atoms with Crippen molar-refractivity contribution in [1.82, 2.24) is 10.2 Å². The van der Waals surface area contributed by atoms with Crippen molar-refractivity contribution in [2.24, 2.45) is 0 Å². The van der Waals surface area contributed by atoms with Crippen LogP contribution in [0.3, 0.4) is 0 Å².